The van der Waals surface area contributed by atoms with Gasteiger partial charge in [0.1, 0.15) is 11.5 Å². The van der Waals surface area contributed by atoms with Gasteiger partial charge in [0, 0.05) is 5.54 Å². The molecule has 58 heavy (non-hydrogen) atoms. The van der Waals surface area contributed by atoms with Crippen molar-refractivity contribution in [3.05, 3.63) is 60.7 Å². The predicted octanol–water partition coefficient (Wildman–Crippen LogP) is 18.0. The Morgan fingerprint density at radius 3 is 0.828 bits per heavy atom. The van der Waals surface area contributed by atoms with Gasteiger partial charge in [-0.15, -0.1) is 0 Å². The molecule has 0 saturated carbocycles. The van der Waals surface area contributed by atoms with E-state index in [1.165, 1.54) is 231 Å². The molecule has 0 aliphatic rings. The van der Waals surface area contributed by atoms with E-state index in [-0.39, 0.29) is 17.0 Å². The van der Waals surface area contributed by atoms with Gasteiger partial charge in [-0.2, -0.15) is 0 Å². The maximum Gasteiger partial charge on any atom is 0.584 e. The predicted molar refractivity (Wildman–Crippen MR) is 254 cm³/mol. The van der Waals surface area contributed by atoms with Crippen LogP contribution in [0, 0.1) is 0 Å². The van der Waals surface area contributed by atoms with Crippen molar-refractivity contribution < 1.29 is 18.5 Å². The quantitative estimate of drug-likeness (QED) is 0.0516. The number of hydrogen-bond donors (Lipinski definition) is 2. The average Bonchev–Trinajstić information content (AvgIpc) is 3.22. The molecule has 0 spiro atoms. The van der Waals surface area contributed by atoms with Crippen LogP contribution in [0.15, 0.2) is 60.7 Å². The van der Waals surface area contributed by atoms with Crippen molar-refractivity contribution in [1.82, 2.24) is 0 Å². The van der Waals surface area contributed by atoms with Crippen LogP contribution in [0.5, 0.6) is 11.5 Å². The summed E-state index contributed by atoms with van der Waals surface area (Å²) in [5.41, 5.74) is 7.28. The fraction of sp³-hybridized carbons (Fsp3) is 0.769. The molecule has 2 rings (SSSR count). The SMILES string of the molecule is CCCCCCCCCCCCCC(N)(CCCCCCCCCCCCC)CCCCCCCCCCCCC.O=P(O)(Oc1ccccc1)Oc1ccccc1. The van der Waals surface area contributed by atoms with Gasteiger partial charge in [0.2, 0.25) is 0 Å². The number of benzene rings is 2. The van der Waals surface area contributed by atoms with Gasteiger partial charge in [0.05, 0.1) is 0 Å². The molecule has 2 aromatic carbocycles. The van der Waals surface area contributed by atoms with Crippen molar-refractivity contribution >= 4 is 7.82 Å². The highest BCUT2D eigenvalue weighted by molar-refractivity contribution is 7.48. The number of unbranched alkanes of at least 4 members (excludes halogenated alkanes) is 30. The lowest BCUT2D eigenvalue weighted by Gasteiger charge is -2.30. The van der Waals surface area contributed by atoms with Crippen LogP contribution in [0.25, 0.3) is 0 Å². The molecule has 0 aliphatic carbocycles. The highest BCUT2D eigenvalue weighted by atomic mass is 31.2. The number of phosphoric acid groups is 1. The number of para-hydroxylation sites is 2. The van der Waals surface area contributed by atoms with E-state index in [1.807, 2.05) is 0 Å². The minimum atomic E-state index is -4.14. The zero-order valence-electron chi connectivity index (χ0n) is 38.4. The van der Waals surface area contributed by atoms with E-state index in [0.717, 1.165) is 0 Å². The Labute approximate surface area is 360 Å². The third kappa shape index (κ3) is 35.0. The molecular weight excluding hydrogens is 734 g/mol. The Kier molecular flexibility index (Phi) is 36.8. The minimum absolute atomic E-state index is 0.123. The van der Waals surface area contributed by atoms with Crippen molar-refractivity contribution in [1.29, 1.82) is 0 Å². The molecule has 0 fully saturated rings. The summed E-state index contributed by atoms with van der Waals surface area (Å²) in [6.07, 6.45) is 51.0. The third-order valence-electron chi connectivity index (χ3n) is 11.8. The Morgan fingerprint density at radius 1 is 0.397 bits per heavy atom. The first kappa shape index (κ1) is 54.2. The molecule has 0 radical (unpaired) electrons. The van der Waals surface area contributed by atoms with Crippen molar-refractivity contribution in [2.24, 2.45) is 5.73 Å². The number of rotatable bonds is 40. The van der Waals surface area contributed by atoms with Gasteiger partial charge in [0.25, 0.3) is 0 Å². The maximum absolute atomic E-state index is 11.7. The van der Waals surface area contributed by atoms with E-state index >= 15 is 0 Å². The van der Waals surface area contributed by atoms with Crippen LogP contribution in [-0.2, 0) is 4.57 Å². The summed E-state index contributed by atoms with van der Waals surface area (Å²) in [4.78, 5) is 9.53. The molecule has 0 amide bonds. The van der Waals surface area contributed by atoms with Gasteiger partial charge in [-0.1, -0.05) is 269 Å². The molecule has 5 nitrogen and oxygen atoms in total. The van der Waals surface area contributed by atoms with Crippen molar-refractivity contribution in [3.63, 3.8) is 0 Å². The Hall–Kier alpha value is -1.81. The zero-order valence-corrected chi connectivity index (χ0v) is 39.3. The molecule has 0 unspecified atom stereocenters. The fourth-order valence-electron chi connectivity index (χ4n) is 8.05. The fourth-order valence-corrected chi connectivity index (χ4v) is 8.86. The van der Waals surface area contributed by atoms with Gasteiger partial charge in [0.15, 0.2) is 0 Å². The molecular formula is C52H94NO4P. The van der Waals surface area contributed by atoms with Crippen LogP contribution in [0.4, 0.5) is 0 Å². The van der Waals surface area contributed by atoms with E-state index in [1.54, 1.807) is 60.7 Å². The van der Waals surface area contributed by atoms with Crippen molar-refractivity contribution in [3.8, 4) is 11.5 Å². The molecule has 0 saturated heterocycles. The second-order valence-electron chi connectivity index (χ2n) is 17.5. The normalized spacial score (nSPS) is 11.7. The molecule has 0 atom stereocenters. The summed E-state index contributed by atoms with van der Waals surface area (Å²) < 4.78 is 21.5. The highest BCUT2D eigenvalue weighted by Crippen LogP contribution is 2.44. The van der Waals surface area contributed by atoms with Crippen LogP contribution in [0.3, 0.4) is 0 Å². The molecule has 336 valence electrons. The van der Waals surface area contributed by atoms with Crippen LogP contribution in [0.2, 0.25) is 0 Å². The largest absolute Gasteiger partial charge is 0.584 e. The van der Waals surface area contributed by atoms with Crippen LogP contribution in [0.1, 0.15) is 252 Å². The lowest BCUT2D eigenvalue weighted by molar-refractivity contribution is 0.291. The summed E-state index contributed by atoms with van der Waals surface area (Å²) >= 11 is 0. The van der Waals surface area contributed by atoms with Gasteiger partial charge in [-0.25, -0.2) is 4.57 Å². The minimum Gasteiger partial charge on any atom is -0.395 e. The maximum atomic E-state index is 11.7. The molecule has 3 N–H and O–H groups in total. The molecule has 0 aromatic heterocycles. The summed E-state index contributed by atoms with van der Waals surface area (Å²) in [5, 5.41) is 0. The first-order valence-corrected chi connectivity index (χ1v) is 26.4. The Balaban J connectivity index is 0.000000810. The van der Waals surface area contributed by atoms with Crippen molar-refractivity contribution in [2.45, 2.75) is 257 Å². The molecule has 2 aromatic rings. The van der Waals surface area contributed by atoms with Crippen LogP contribution >= 0.6 is 7.82 Å². The second-order valence-corrected chi connectivity index (χ2v) is 18.8. The highest BCUT2D eigenvalue weighted by Gasteiger charge is 2.25. The van der Waals surface area contributed by atoms with Gasteiger partial charge in [-0.3, -0.25) is 4.89 Å². The lowest BCUT2D eigenvalue weighted by Crippen LogP contribution is -2.39. The van der Waals surface area contributed by atoms with E-state index < -0.39 is 7.82 Å². The second kappa shape index (κ2) is 39.3. The Bertz CT molecular complexity index is 1050. The average molecular weight is 828 g/mol. The molecule has 6 heteroatoms. The lowest BCUT2D eigenvalue weighted by atomic mass is 9.82. The Morgan fingerprint density at radius 2 is 0.603 bits per heavy atom. The number of nitrogens with two attached hydrogens (primary N) is 1. The monoisotopic (exact) mass is 828 g/mol. The van der Waals surface area contributed by atoms with Gasteiger partial charge >= 0.3 is 7.82 Å². The van der Waals surface area contributed by atoms with E-state index in [4.69, 9.17) is 14.8 Å². The number of phosphoric ester groups is 1. The zero-order chi connectivity index (χ0) is 42.1. The summed E-state index contributed by atoms with van der Waals surface area (Å²) in [6.45, 7) is 6.93. The summed E-state index contributed by atoms with van der Waals surface area (Å²) in [6, 6.07) is 16.7. The van der Waals surface area contributed by atoms with Crippen LogP contribution in [-0.4, -0.2) is 10.4 Å². The third-order valence-corrected chi connectivity index (χ3v) is 12.6. The first-order chi connectivity index (χ1) is 28.3. The molecule has 0 aliphatic heterocycles. The standard InChI is InChI=1S/C40H83N.C12H11O4P/c1-4-7-10-13-16-19-22-25-28-31-34-37-40(41,38-35-32-29-26-23-20-17-14-11-8-5-2)39-36-33-30-27-24-21-18-15-12-9-6-3;13-17(14,15-11-7-3-1-4-8-11)16-12-9-5-2-6-10-12/h4-39,41H2,1-3H3;1-10H,(H,13,14). The van der Waals surface area contributed by atoms with Crippen molar-refractivity contribution in [2.75, 3.05) is 0 Å². The van der Waals surface area contributed by atoms with Gasteiger partial charge < -0.3 is 14.8 Å². The van der Waals surface area contributed by atoms with E-state index in [9.17, 15) is 9.46 Å². The summed E-state index contributed by atoms with van der Waals surface area (Å²) in [7, 11) is -4.14. The first-order valence-electron chi connectivity index (χ1n) is 24.9. The van der Waals surface area contributed by atoms with Crippen LogP contribution < -0.4 is 14.8 Å². The molecule has 0 heterocycles. The van der Waals surface area contributed by atoms with E-state index in [0.29, 0.717) is 0 Å². The topological polar surface area (TPSA) is 81.8 Å². The van der Waals surface area contributed by atoms with E-state index in [2.05, 4.69) is 20.8 Å². The smallest absolute Gasteiger partial charge is 0.395 e. The van der Waals surface area contributed by atoms with Gasteiger partial charge in [-0.05, 0) is 43.5 Å². The molecule has 0 bridgehead atoms. The summed E-state index contributed by atoms with van der Waals surface area (Å²) in [5.74, 6) is 0.573. The number of hydrogen-bond acceptors (Lipinski definition) is 4.